The Labute approximate surface area is 117 Å². The fourth-order valence-corrected chi connectivity index (χ4v) is 4.78. The van der Waals surface area contributed by atoms with E-state index in [1.807, 2.05) is 25.6 Å². The van der Waals surface area contributed by atoms with E-state index in [0.717, 1.165) is 6.42 Å². The van der Waals surface area contributed by atoms with Crippen LogP contribution in [0.1, 0.15) is 38.8 Å². The molecule has 18 heavy (non-hydrogen) atoms. The van der Waals surface area contributed by atoms with E-state index in [9.17, 15) is 4.79 Å². The van der Waals surface area contributed by atoms with Crippen LogP contribution in [-0.4, -0.2) is 23.7 Å². The first-order chi connectivity index (χ1) is 8.61. The Hall–Kier alpha value is -0.520. The van der Waals surface area contributed by atoms with E-state index >= 15 is 0 Å². The molecule has 2 heterocycles. The van der Waals surface area contributed by atoms with Gasteiger partial charge in [0, 0.05) is 17.8 Å². The van der Waals surface area contributed by atoms with Crippen LogP contribution in [0, 0.1) is 0 Å². The van der Waals surface area contributed by atoms with Gasteiger partial charge in [0.05, 0.1) is 10.3 Å². The highest BCUT2D eigenvalue weighted by atomic mass is 32.2. The van der Waals surface area contributed by atoms with Crippen LogP contribution in [0.3, 0.4) is 0 Å². The SMILES string of the molecule is CCNC(=O)C(C)NC1C[C@H](C)Sc2sccc21. The Morgan fingerprint density at radius 1 is 1.61 bits per heavy atom. The van der Waals surface area contributed by atoms with Crippen molar-refractivity contribution in [2.24, 2.45) is 0 Å². The Kier molecular flexibility index (Phi) is 4.70. The minimum Gasteiger partial charge on any atom is -0.355 e. The molecule has 0 bridgehead atoms. The topological polar surface area (TPSA) is 41.1 Å². The van der Waals surface area contributed by atoms with Gasteiger partial charge in [0.1, 0.15) is 0 Å². The molecule has 3 atom stereocenters. The van der Waals surface area contributed by atoms with Gasteiger partial charge in [-0.2, -0.15) is 0 Å². The summed E-state index contributed by atoms with van der Waals surface area (Å²) in [6.45, 7) is 6.81. The number of hydrogen-bond acceptors (Lipinski definition) is 4. The summed E-state index contributed by atoms with van der Waals surface area (Å²) < 4.78 is 1.40. The molecule has 0 spiro atoms. The summed E-state index contributed by atoms with van der Waals surface area (Å²) in [5, 5.41) is 9.06. The summed E-state index contributed by atoms with van der Waals surface area (Å²) in [6, 6.07) is 2.35. The number of fused-ring (bicyclic) bond motifs is 1. The van der Waals surface area contributed by atoms with E-state index < -0.39 is 0 Å². The molecule has 1 aromatic rings. The highest BCUT2D eigenvalue weighted by Crippen LogP contribution is 2.43. The van der Waals surface area contributed by atoms with Gasteiger partial charge in [0.15, 0.2) is 0 Å². The highest BCUT2D eigenvalue weighted by Gasteiger charge is 2.28. The highest BCUT2D eigenvalue weighted by molar-refractivity contribution is 8.01. The van der Waals surface area contributed by atoms with Crippen LogP contribution in [0.2, 0.25) is 0 Å². The zero-order valence-electron chi connectivity index (χ0n) is 11.0. The van der Waals surface area contributed by atoms with E-state index in [0.29, 0.717) is 17.8 Å². The molecule has 1 aliphatic heterocycles. The number of thioether (sulfide) groups is 1. The average molecular weight is 284 g/mol. The van der Waals surface area contributed by atoms with E-state index in [4.69, 9.17) is 0 Å². The van der Waals surface area contributed by atoms with Gasteiger partial charge in [-0.25, -0.2) is 0 Å². The number of amides is 1. The van der Waals surface area contributed by atoms with Gasteiger partial charge in [-0.3, -0.25) is 10.1 Å². The van der Waals surface area contributed by atoms with Gasteiger partial charge in [-0.1, -0.05) is 6.92 Å². The van der Waals surface area contributed by atoms with Gasteiger partial charge in [-0.05, 0) is 37.3 Å². The first kappa shape index (κ1) is 13.9. The number of rotatable bonds is 4. The van der Waals surface area contributed by atoms with E-state index in [2.05, 4.69) is 29.0 Å². The summed E-state index contributed by atoms with van der Waals surface area (Å²) in [6.07, 6.45) is 1.08. The fraction of sp³-hybridized carbons (Fsp3) is 0.615. The lowest BCUT2D eigenvalue weighted by molar-refractivity contribution is -0.122. The normalized spacial score (nSPS) is 24.4. The molecule has 0 saturated carbocycles. The molecule has 1 amide bonds. The molecule has 1 aliphatic rings. The molecule has 0 radical (unpaired) electrons. The Morgan fingerprint density at radius 2 is 2.39 bits per heavy atom. The molecule has 3 nitrogen and oxygen atoms in total. The zero-order chi connectivity index (χ0) is 13.1. The lowest BCUT2D eigenvalue weighted by Gasteiger charge is -2.29. The number of carbonyl (C=O) groups excluding carboxylic acids is 1. The standard InChI is InChI=1S/C13H20N2OS2/c1-4-14-12(16)9(3)15-11-7-8(2)18-13-10(11)5-6-17-13/h5-6,8-9,11,15H,4,7H2,1-3H3,(H,14,16)/t8-,9?,11?/m0/s1. The van der Waals surface area contributed by atoms with Crippen LogP contribution in [0.5, 0.6) is 0 Å². The molecule has 0 aliphatic carbocycles. The lowest BCUT2D eigenvalue weighted by Crippen LogP contribution is -2.44. The van der Waals surface area contributed by atoms with Crippen LogP contribution in [0.15, 0.2) is 15.7 Å². The van der Waals surface area contributed by atoms with Crippen LogP contribution in [0.4, 0.5) is 0 Å². The summed E-state index contributed by atoms with van der Waals surface area (Å²) >= 11 is 3.75. The van der Waals surface area contributed by atoms with Crippen LogP contribution in [-0.2, 0) is 4.79 Å². The van der Waals surface area contributed by atoms with Gasteiger partial charge in [-0.15, -0.1) is 23.1 Å². The molecule has 2 unspecified atom stereocenters. The lowest BCUT2D eigenvalue weighted by atomic mass is 10.0. The van der Waals surface area contributed by atoms with Crippen molar-refractivity contribution in [1.82, 2.24) is 10.6 Å². The predicted octanol–water partition coefficient (Wildman–Crippen LogP) is 2.79. The maximum atomic E-state index is 11.8. The van der Waals surface area contributed by atoms with Gasteiger partial charge < -0.3 is 5.32 Å². The molecule has 0 aromatic carbocycles. The van der Waals surface area contributed by atoms with Crippen molar-refractivity contribution in [3.8, 4) is 0 Å². The van der Waals surface area contributed by atoms with E-state index in [1.54, 1.807) is 11.3 Å². The van der Waals surface area contributed by atoms with Crippen molar-refractivity contribution in [3.63, 3.8) is 0 Å². The Bertz CT molecular complexity index is 419. The number of likely N-dealkylation sites (N-methyl/N-ethyl adjacent to an activating group) is 1. The van der Waals surface area contributed by atoms with Gasteiger partial charge >= 0.3 is 0 Å². The van der Waals surface area contributed by atoms with Gasteiger partial charge in [0.2, 0.25) is 5.91 Å². The molecule has 0 fully saturated rings. The summed E-state index contributed by atoms with van der Waals surface area (Å²) in [5.41, 5.74) is 1.36. The number of nitrogens with one attached hydrogen (secondary N) is 2. The minimum atomic E-state index is -0.141. The second-order valence-electron chi connectivity index (χ2n) is 4.66. The Morgan fingerprint density at radius 3 is 3.11 bits per heavy atom. The number of hydrogen-bond donors (Lipinski definition) is 2. The maximum Gasteiger partial charge on any atom is 0.236 e. The van der Waals surface area contributed by atoms with Crippen molar-refractivity contribution in [3.05, 3.63) is 17.0 Å². The van der Waals surface area contributed by atoms with Crippen molar-refractivity contribution < 1.29 is 4.79 Å². The molecule has 2 N–H and O–H groups in total. The van der Waals surface area contributed by atoms with Crippen molar-refractivity contribution in [1.29, 1.82) is 0 Å². The molecular formula is C13H20N2OS2. The minimum absolute atomic E-state index is 0.0835. The second-order valence-corrected chi connectivity index (χ2v) is 7.29. The van der Waals surface area contributed by atoms with Crippen LogP contribution in [0.25, 0.3) is 0 Å². The third kappa shape index (κ3) is 3.08. The zero-order valence-corrected chi connectivity index (χ0v) is 12.7. The first-order valence-corrected chi connectivity index (χ1v) is 8.15. The Balaban J connectivity index is 2.04. The van der Waals surface area contributed by atoms with Gasteiger partial charge in [0.25, 0.3) is 0 Å². The smallest absolute Gasteiger partial charge is 0.236 e. The fourth-order valence-electron chi connectivity index (χ4n) is 2.21. The van der Waals surface area contributed by atoms with Crippen molar-refractivity contribution in [2.75, 3.05) is 6.54 Å². The average Bonchev–Trinajstić information content (AvgIpc) is 2.77. The predicted molar refractivity (Wildman–Crippen MR) is 78.3 cm³/mol. The monoisotopic (exact) mass is 284 g/mol. The van der Waals surface area contributed by atoms with Crippen LogP contribution < -0.4 is 10.6 Å². The van der Waals surface area contributed by atoms with Crippen molar-refractivity contribution >= 4 is 29.0 Å². The third-order valence-corrected chi connectivity index (χ3v) is 5.45. The van der Waals surface area contributed by atoms with Crippen LogP contribution >= 0.6 is 23.1 Å². The molecule has 0 saturated heterocycles. The summed E-state index contributed by atoms with van der Waals surface area (Å²) in [5.74, 6) is 0.0835. The maximum absolute atomic E-state index is 11.8. The largest absolute Gasteiger partial charge is 0.355 e. The number of carbonyl (C=O) groups is 1. The molecular weight excluding hydrogens is 264 g/mol. The quantitative estimate of drug-likeness (QED) is 0.893. The van der Waals surface area contributed by atoms with E-state index in [1.165, 1.54) is 9.77 Å². The number of thiophene rings is 1. The molecule has 1 aromatic heterocycles. The second kappa shape index (κ2) is 6.08. The molecule has 2 rings (SSSR count). The van der Waals surface area contributed by atoms with E-state index in [-0.39, 0.29) is 11.9 Å². The van der Waals surface area contributed by atoms with Crippen molar-refractivity contribution in [2.45, 2.75) is 48.7 Å². The summed E-state index contributed by atoms with van der Waals surface area (Å²) in [7, 11) is 0. The molecule has 5 heteroatoms. The summed E-state index contributed by atoms with van der Waals surface area (Å²) in [4.78, 5) is 11.8. The third-order valence-electron chi connectivity index (χ3n) is 3.11. The first-order valence-electron chi connectivity index (χ1n) is 6.39. The molecule has 100 valence electrons.